The third-order valence-corrected chi connectivity index (χ3v) is 4.88. The number of amides is 1. The second-order valence-electron chi connectivity index (χ2n) is 7.04. The summed E-state index contributed by atoms with van der Waals surface area (Å²) in [4.78, 5) is 18.9. The van der Waals surface area contributed by atoms with Crippen LogP contribution in [-0.2, 0) is 6.61 Å². The molecule has 0 unspecified atom stereocenters. The van der Waals surface area contributed by atoms with Gasteiger partial charge in [-0.05, 0) is 69.2 Å². The Hall–Kier alpha value is -2.40. The highest BCUT2D eigenvalue weighted by molar-refractivity contribution is 5.94. The zero-order valence-electron chi connectivity index (χ0n) is 15.9. The summed E-state index contributed by atoms with van der Waals surface area (Å²) in [5.74, 6) is 0.723. The fraction of sp³-hybridized carbons (Fsp3) is 0.455. The van der Waals surface area contributed by atoms with Gasteiger partial charge in [0, 0.05) is 30.1 Å². The molecule has 0 aliphatic carbocycles. The number of aromatic nitrogens is 1. The number of nitrogens with zero attached hydrogens (tertiary/aromatic N) is 2. The van der Waals surface area contributed by atoms with Crippen molar-refractivity contribution in [2.45, 2.75) is 38.7 Å². The molecule has 1 saturated heterocycles. The SMILES string of the molecule is O=C(NCCCN1CCCCCC1)c1ccc(OCc2cccnc2)cc1. The molecule has 0 spiro atoms. The molecule has 1 aliphatic rings. The lowest BCUT2D eigenvalue weighted by Gasteiger charge is -2.19. The average molecular weight is 367 g/mol. The monoisotopic (exact) mass is 367 g/mol. The van der Waals surface area contributed by atoms with Gasteiger partial charge in [0.2, 0.25) is 0 Å². The van der Waals surface area contributed by atoms with Crippen LogP contribution in [0.4, 0.5) is 0 Å². The van der Waals surface area contributed by atoms with Gasteiger partial charge in [0.05, 0.1) is 0 Å². The molecule has 1 N–H and O–H groups in total. The molecule has 1 aliphatic heterocycles. The summed E-state index contributed by atoms with van der Waals surface area (Å²) in [5.41, 5.74) is 1.68. The minimum atomic E-state index is -0.0234. The number of carbonyl (C=O) groups is 1. The van der Waals surface area contributed by atoms with Crippen molar-refractivity contribution >= 4 is 5.91 Å². The zero-order valence-corrected chi connectivity index (χ0v) is 15.9. The summed E-state index contributed by atoms with van der Waals surface area (Å²) in [6.45, 7) is 4.66. The highest BCUT2D eigenvalue weighted by atomic mass is 16.5. The first-order valence-electron chi connectivity index (χ1n) is 9.93. The third-order valence-electron chi connectivity index (χ3n) is 4.88. The number of rotatable bonds is 8. The number of pyridine rings is 1. The first kappa shape index (κ1) is 19.4. The van der Waals surface area contributed by atoms with E-state index in [9.17, 15) is 4.79 Å². The molecular weight excluding hydrogens is 338 g/mol. The molecule has 2 aromatic rings. The lowest BCUT2D eigenvalue weighted by Crippen LogP contribution is -2.30. The van der Waals surface area contributed by atoms with E-state index < -0.39 is 0 Å². The van der Waals surface area contributed by atoms with Crippen LogP contribution in [0.25, 0.3) is 0 Å². The van der Waals surface area contributed by atoms with Crippen LogP contribution in [0, 0.1) is 0 Å². The van der Waals surface area contributed by atoms with Crippen LogP contribution in [0.3, 0.4) is 0 Å². The van der Waals surface area contributed by atoms with E-state index in [2.05, 4.69) is 15.2 Å². The van der Waals surface area contributed by atoms with Gasteiger partial charge in [-0.25, -0.2) is 0 Å². The molecule has 3 rings (SSSR count). The zero-order chi connectivity index (χ0) is 18.7. The van der Waals surface area contributed by atoms with Gasteiger partial charge in [-0.2, -0.15) is 0 Å². The van der Waals surface area contributed by atoms with Gasteiger partial charge in [0.1, 0.15) is 12.4 Å². The fourth-order valence-corrected chi connectivity index (χ4v) is 3.32. The molecule has 1 amide bonds. The van der Waals surface area contributed by atoms with Crippen LogP contribution >= 0.6 is 0 Å². The van der Waals surface area contributed by atoms with E-state index in [0.29, 0.717) is 18.7 Å². The van der Waals surface area contributed by atoms with Crippen molar-refractivity contribution in [3.05, 3.63) is 59.9 Å². The Bertz CT molecular complexity index is 680. The lowest BCUT2D eigenvalue weighted by atomic mass is 10.2. The molecule has 0 atom stereocenters. The molecule has 1 aromatic carbocycles. The Balaban J connectivity index is 1.37. The lowest BCUT2D eigenvalue weighted by molar-refractivity contribution is 0.0951. The number of hydrogen-bond donors (Lipinski definition) is 1. The molecule has 2 heterocycles. The number of likely N-dealkylation sites (tertiary alicyclic amines) is 1. The number of nitrogens with one attached hydrogen (secondary N) is 1. The Kier molecular flexibility index (Phi) is 7.66. The summed E-state index contributed by atoms with van der Waals surface area (Å²) in [6, 6.07) is 11.1. The van der Waals surface area contributed by atoms with Crippen LogP contribution in [0.5, 0.6) is 5.75 Å². The van der Waals surface area contributed by atoms with E-state index in [4.69, 9.17) is 4.74 Å². The van der Waals surface area contributed by atoms with Gasteiger partial charge < -0.3 is 15.0 Å². The Morgan fingerprint density at radius 1 is 1.07 bits per heavy atom. The molecular formula is C22H29N3O2. The topological polar surface area (TPSA) is 54.5 Å². The second kappa shape index (κ2) is 10.7. The number of carbonyl (C=O) groups excluding carboxylic acids is 1. The van der Waals surface area contributed by atoms with Crippen molar-refractivity contribution in [2.75, 3.05) is 26.2 Å². The van der Waals surface area contributed by atoms with Crippen molar-refractivity contribution in [1.82, 2.24) is 15.2 Å². The molecule has 1 fully saturated rings. The fourth-order valence-electron chi connectivity index (χ4n) is 3.32. The van der Waals surface area contributed by atoms with E-state index in [1.807, 2.05) is 36.4 Å². The maximum absolute atomic E-state index is 12.3. The van der Waals surface area contributed by atoms with Crippen molar-refractivity contribution in [1.29, 1.82) is 0 Å². The van der Waals surface area contributed by atoms with Gasteiger partial charge in [-0.1, -0.05) is 18.9 Å². The van der Waals surface area contributed by atoms with Gasteiger partial charge in [-0.3, -0.25) is 9.78 Å². The molecule has 0 radical (unpaired) electrons. The second-order valence-corrected chi connectivity index (χ2v) is 7.04. The van der Waals surface area contributed by atoms with Gasteiger partial charge in [0.25, 0.3) is 5.91 Å². The van der Waals surface area contributed by atoms with Gasteiger partial charge in [0.15, 0.2) is 0 Å². The predicted molar refractivity (Wildman–Crippen MR) is 107 cm³/mol. The highest BCUT2D eigenvalue weighted by Gasteiger charge is 2.09. The quantitative estimate of drug-likeness (QED) is 0.724. The Morgan fingerprint density at radius 3 is 2.56 bits per heavy atom. The normalized spacial score (nSPS) is 15.1. The van der Waals surface area contributed by atoms with E-state index in [1.165, 1.54) is 38.8 Å². The van der Waals surface area contributed by atoms with Crippen LogP contribution in [0.15, 0.2) is 48.8 Å². The molecule has 0 saturated carbocycles. The smallest absolute Gasteiger partial charge is 0.251 e. The first-order valence-corrected chi connectivity index (χ1v) is 9.93. The summed E-state index contributed by atoms with van der Waals surface area (Å²) >= 11 is 0. The van der Waals surface area contributed by atoms with Crippen molar-refractivity contribution < 1.29 is 9.53 Å². The van der Waals surface area contributed by atoms with Crippen LogP contribution < -0.4 is 10.1 Å². The number of ether oxygens (including phenoxy) is 1. The largest absolute Gasteiger partial charge is 0.489 e. The first-order chi connectivity index (χ1) is 13.3. The van der Waals surface area contributed by atoms with Crippen LogP contribution in [0.1, 0.15) is 48.0 Å². The molecule has 0 bridgehead atoms. The molecule has 5 nitrogen and oxygen atoms in total. The minimum absolute atomic E-state index is 0.0234. The number of hydrogen-bond acceptors (Lipinski definition) is 4. The molecule has 144 valence electrons. The van der Waals surface area contributed by atoms with E-state index in [0.717, 1.165) is 24.3 Å². The molecule has 1 aromatic heterocycles. The maximum atomic E-state index is 12.3. The third kappa shape index (κ3) is 6.68. The Morgan fingerprint density at radius 2 is 1.85 bits per heavy atom. The van der Waals surface area contributed by atoms with Crippen molar-refractivity contribution in [3.63, 3.8) is 0 Å². The summed E-state index contributed by atoms with van der Waals surface area (Å²) in [7, 11) is 0. The maximum Gasteiger partial charge on any atom is 0.251 e. The predicted octanol–water partition coefficient (Wildman–Crippen LogP) is 3.66. The Labute approximate surface area is 161 Å². The average Bonchev–Trinajstić information content (AvgIpc) is 2.99. The summed E-state index contributed by atoms with van der Waals surface area (Å²) < 4.78 is 5.73. The van der Waals surface area contributed by atoms with Gasteiger partial charge >= 0.3 is 0 Å². The van der Waals surface area contributed by atoms with Gasteiger partial charge in [-0.15, -0.1) is 0 Å². The van der Waals surface area contributed by atoms with Crippen LogP contribution in [-0.4, -0.2) is 42.0 Å². The highest BCUT2D eigenvalue weighted by Crippen LogP contribution is 2.14. The minimum Gasteiger partial charge on any atom is -0.489 e. The van der Waals surface area contributed by atoms with E-state index >= 15 is 0 Å². The van der Waals surface area contributed by atoms with E-state index in [1.54, 1.807) is 12.4 Å². The molecule has 27 heavy (non-hydrogen) atoms. The van der Waals surface area contributed by atoms with Crippen molar-refractivity contribution in [3.8, 4) is 5.75 Å². The summed E-state index contributed by atoms with van der Waals surface area (Å²) in [5, 5.41) is 3.02. The summed E-state index contributed by atoms with van der Waals surface area (Å²) in [6.07, 6.45) is 9.85. The van der Waals surface area contributed by atoms with E-state index in [-0.39, 0.29) is 5.91 Å². The molecule has 5 heteroatoms. The standard InChI is InChI=1S/C22H29N3O2/c26-22(24-13-6-16-25-14-3-1-2-4-15-25)20-8-10-21(11-9-20)27-18-19-7-5-12-23-17-19/h5,7-12,17H,1-4,6,13-16,18H2,(H,24,26). The van der Waals surface area contributed by atoms with Crippen LogP contribution in [0.2, 0.25) is 0 Å². The number of benzene rings is 1. The van der Waals surface area contributed by atoms with Crippen molar-refractivity contribution in [2.24, 2.45) is 0 Å².